The minimum absolute atomic E-state index is 0.303. The van der Waals surface area contributed by atoms with E-state index in [1.54, 1.807) is 6.33 Å². The molecule has 1 fully saturated rings. The number of piperidine rings is 1. The molecule has 1 saturated heterocycles. The van der Waals surface area contributed by atoms with E-state index in [4.69, 9.17) is 28.2 Å². The van der Waals surface area contributed by atoms with Crippen molar-refractivity contribution in [2.24, 2.45) is 0 Å². The van der Waals surface area contributed by atoms with E-state index in [1.807, 2.05) is 53.1 Å². The first-order valence-electron chi connectivity index (χ1n) is 10.5. The van der Waals surface area contributed by atoms with Gasteiger partial charge >= 0.3 is 208 Å². The summed E-state index contributed by atoms with van der Waals surface area (Å²) in [6.07, 6.45) is 2.60. The molecular formula is C23H20AsCl2N5O2. The van der Waals surface area contributed by atoms with Crippen LogP contribution in [0.25, 0.3) is 28.2 Å². The van der Waals surface area contributed by atoms with Crippen LogP contribution in [0.15, 0.2) is 54.9 Å². The Kier molecular flexibility index (Phi) is 6.28. The van der Waals surface area contributed by atoms with Gasteiger partial charge in [-0.3, -0.25) is 0 Å². The third kappa shape index (κ3) is 4.45. The van der Waals surface area contributed by atoms with Crippen molar-refractivity contribution in [3.63, 3.8) is 0 Å². The van der Waals surface area contributed by atoms with E-state index < -0.39 is 21.8 Å². The van der Waals surface area contributed by atoms with Gasteiger partial charge in [0.25, 0.3) is 0 Å². The second-order valence-electron chi connectivity index (χ2n) is 7.83. The fraction of sp³-hybridized carbons (Fsp3) is 0.217. The van der Waals surface area contributed by atoms with Gasteiger partial charge in [-0.25, -0.2) is 0 Å². The number of rotatable bonds is 4. The number of benzene rings is 2. The summed E-state index contributed by atoms with van der Waals surface area (Å²) in [5, 5.41) is 10.6. The molecule has 168 valence electrons. The Morgan fingerprint density at radius 2 is 1.88 bits per heavy atom. The van der Waals surface area contributed by atoms with Crippen LogP contribution < -0.4 is 4.48 Å². The quantitative estimate of drug-likeness (QED) is 0.385. The molecule has 5 rings (SSSR count). The van der Waals surface area contributed by atoms with Gasteiger partial charge in [-0.1, -0.05) is 0 Å². The van der Waals surface area contributed by atoms with Crippen LogP contribution in [-0.4, -0.2) is 64.5 Å². The van der Waals surface area contributed by atoms with Gasteiger partial charge in [0.05, 0.1) is 0 Å². The Balaban J connectivity index is 1.64. The van der Waals surface area contributed by atoms with Gasteiger partial charge in [-0.15, -0.1) is 0 Å². The monoisotopic (exact) mass is 543 g/mol. The van der Waals surface area contributed by atoms with E-state index >= 15 is 0 Å². The zero-order chi connectivity index (χ0) is 22.9. The Morgan fingerprint density at radius 3 is 2.64 bits per heavy atom. The standard InChI is InChI=1S/C23H20AsCl2N5O2/c25-15-7-9-16(10-8-15)31-21(17-5-1-2-6-18(17)26)29-19-20(27-13-28-22(19)31)24-14-4-3-11-30(12-14)23(32)33/h1-2,5-10,13-14,24H,3-4,11-12H2,(H,32,33)/t14-/m1/s1. The number of carbonyl (C=O) groups is 1. The molecule has 0 saturated carbocycles. The number of hydrogen-bond donors (Lipinski definition) is 1. The van der Waals surface area contributed by atoms with E-state index in [9.17, 15) is 9.90 Å². The second kappa shape index (κ2) is 9.33. The van der Waals surface area contributed by atoms with E-state index in [0.29, 0.717) is 39.3 Å². The number of likely N-dealkylation sites (tertiary alicyclic amines) is 1. The molecule has 2 atom stereocenters. The van der Waals surface area contributed by atoms with Crippen LogP contribution in [0, 0.1) is 0 Å². The summed E-state index contributed by atoms with van der Waals surface area (Å²) in [5.74, 6) is 0.682. The zero-order valence-corrected chi connectivity index (χ0v) is 21.1. The third-order valence-corrected chi connectivity index (χ3v) is 9.44. The van der Waals surface area contributed by atoms with Crippen molar-refractivity contribution in [2.45, 2.75) is 17.5 Å². The number of aromatic nitrogens is 4. The Hall–Kier alpha value is -2.60. The van der Waals surface area contributed by atoms with Crippen LogP contribution in [0.4, 0.5) is 4.79 Å². The Bertz CT molecular complexity index is 1330. The topological polar surface area (TPSA) is 84.1 Å². The maximum atomic E-state index is 11.5. The molecule has 2 aromatic heterocycles. The third-order valence-electron chi connectivity index (χ3n) is 5.68. The molecule has 10 heteroatoms. The molecule has 1 unspecified atom stereocenters. The number of imidazole rings is 1. The van der Waals surface area contributed by atoms with Gasteiger partial charge in [-0.05, 0) is 0 Å². The number of hydrogen-bond acceptors (Lipinski definition) is 4. The number of halogens is 2. The summed E-state index contributed by atoms with van der Waals surface area (Å²) in [6, 6.07) is 15.1. The number of carboxylic acid groups (broad SMARTS) is 1. The molecular weight excluding hydrogens is 524 g/mol. The minimum atomic E-state index is -0.854. The van der Waals surface area contributed by atoms with E-state index in [2.05, 4.69) is 9.97 Å². The molecule has 0 bridgehead atoms. The SMILES string of the molecule is O=C(O)N1CCC[C@@H]([AsH]c2ncnc3c2nc(-c2ccccc2Cl)n3-c2ccc(Cl)cc2)C1. The Labute approximate surface area is 207 Å². The first-order valence-corrected chi connectivity index (χ1v) is 13.5. The van der Waals surface area contributed by atoms with E-state index in [-0.39, 0.29) is 0 Å². The molecule has 7 nitrogen and oxygen atoms in total. The first-order chi connectivity index (χ1) is 16.0. The predicted octanol–water partition coefficient (Wildman–Crippen LogP) is 4.41. The second-order valence-corrected chi connectivity index (χ2v) is 12.0. The number of fused-ring (bicyclic) bond motifs is 1. The summed E-state index contributed by atoms with van der Waals surface area (Å²) in [6.45, 7) is 1.15. The number of nitrogens with zero attached hydrogens (tertiary/aromatic N) is 5. The van der Waals surface area contributed by atoms with Gasteiger partial charge in [-0.2, -0.15) is 0 Å². The average molecular weight is 544 g/mol. The van der Waals surface area contributed by atoms with Crippen molar-refractivity contribution in [3.8, 4) is 17.1 Å². The molecule has 1 amide bonds. The summed E-state index contributed by atoms with van der Waals surface area (Å²) in [5.41, 5.74) is 3.12. The van der Waals surface area contributed by atoms with Crippen molar-refractivity contribution < 1.29 is 9.90 Å². The molecule has 3 heterocycles. The van der Waals surface area contributed by atoms with Crippen molar-refractivity contribution in [2.75, 3.05) is 13.1 Å². The molecule has 1 aliphatic heterocycles. The van der Waals surface area contributed by atoms with E-state index in [0.717, 1.165) is 34.1 Å². The average Bonchev–Trinajstić information content (AvgIpc) is 3.20. The summed E-state index contributed by atoms with van der Waals surface area (Å²) in [4.78, 5) is 27.1. The zero-order valence-electron chi connectivity index (χ0n) is 17.4. The summed E-state index contributed by atoms with van der Waals surface area (Å²) >= 11 is 11.9. The van der Waals surface area contributed by atoms with Crippen LogP contribution >= 0.6 is 23.2 Å². The van der Waals surface area contributed by atoms with Crippen LogP contribution in [0.2, 0.25) is 14.8 Å². The van der Waals surface area contributed by atoms with Crippen molar-refractivity contribution >= 4 is 60.7 Å². The molecule has 4 aromatic rings. The molecule has 33 heavy (non-hydrogen) atoms. The maximum absolute atomic E-state index is 11.5. The molecule has 1 N–H and O–H groups in total. The molecule has 0 aliphatic carbocycles. The van der Waals surface area contributed by atoms with Gasteiger partial charge in [0, 0.05) is 0 Å². The van der Waals surface area contributed by atoms with Crippen molar-refractivity contribution in [3.05, 3.63) is 64.9 Å². The molecule has 1 aliphatic rings. The molecule has 0 radical (unpaired) electrons. The van der Waals surface area contributed by atoms with E-state index in [1.165, 1.54) is 4.90 Å². The fourth-order valence-electron chi connectivity index (χ4n) is 4.12. The van der Waals surface area contributed by atoms with Gasteiger partial charge in [0.2, 0.25) is 0 Å². The molecule has 0 spiro atoms. The van der Waals surface area contributed by atoms with Crippen molar-refractivity contribution in [1.29, 1.82) is 0 Å². The van der Waals surface area contributed by atoms with Crippen LogP contribution in [0.1, 0.15) is 12.8 Å². The van der Waals surface area contributed by atoms with Gasteiger partial charge < -0.3 is 0 Å². The summed E-state index contributed by atoms with van der Waals surface area (Å²) in [7, 11) is 0. The molecule has 2 aromatic carbocycles. The van der Waals surface area contributed by atoms with Crippen LogP contribution in [0.3, 0.4) is 0 Å². The first kappa shape index (κ1) is 22.2. The predicted molar refractivity (Wildman–Crippen MR) is 131 cm³/mol. The number of amides is 1. The van der Waals surface area contributed by atoms with Crippen molar-refractivity contribution in [1.82, 2.24) is 24.4 Å². The Morgan fingerprint density at radius 1 is 1.09 bits per heavy atom. The normalized spacial score (nSPS) is 16.7. The van der Waals surface area contributed by atoms with Crippen LogP contribution in [0.5, 0.6) is 0 Å². The van der Waals surface area contributed by atoms with Gasteiger partial charge in [0.1, 0.15) is 0 Å². The summed E-state index contributed by atoms with van der Waals surface area (Å²) < 4.78 is 3.21. The fourth-order valence-corrected chi connectivity index (χ4v) is 7.58. The van der Waals surface area contributed by atoms with Crippen LogP contribution in [-0.2, 0) is 0 Å². The van der Waals surface area contributed by atoms with Gasteiger partial charge in [0.15, 0.2) is 0 Å².